The van der Waals surface area contributed by atoms with Gasteiger partial charge in [-0.15, -0.1) is 0 Å². The fourth-order valence-corrected chi connectivity index (χ4v) is 3.91. The van der Waals surface area contributed by atoms with Gasteiger partial charge < -0.3 is 4.90 Å². The van der Waals surface area contributed by atoms with Gasteiger partial charge >= 0.3 is 0 Å². The second-order valence-electron chi connectivity index (χ2n) is 5.98. The fourth-order valence-electron chi connectivity index (χ4n) is 2.72. The maximum absolute atomic E-state index is 12.4. The van der Waals surface area contributed by atoms with Crippen molar-refractivity contribution in [2.45, 2.75) is 31.2 Å². The van der Waals surface area contributed by atoms with Gasteiger partial charge in [0.05, 0.1) is 0 Å². The second kappa shape index (κ2) is 6.33. The zero-order valence-electron chi connectivity index (χ0n) is 13.6. The highest BCUT2D eigenvalue weighted by molar-refractivity contribution is 7.89. The van der Waals surface area contributed by atoms with Gasteiger partial charge in [-0.3, -0.25) is 9.78 Å². The Bertz CT molecular complexity index is 866. The summed E-state index contributed by atoms with van der Waals surface area (Å²) in [6.45, 7) is 4.32. The lowest BCUT2D eigenvalue weighted by molar-refractivity contribution is -0.117. The molecule has 1 aliphatic heterocycles. The molecule has 3 rings (SSSR count). The molecule has 0 radical (unpaired) electrons. The molecule has 0 saturated carbocycles. The van der Waals surface area contributed by atoms with Gasteiger partial charge in [0.2, 0.25) is 15.9 Å². The van der Waals surface area contributed by atoms with E-state index in [0.29, 0.717) is 6.54 Å². The van der Waals surface area contributed by atoms with Crippen LogP contribution in [0, 0.1) is 13.8 Å². The van der Waals surface area contributed by atoms with E-state index in [2.05, 4.69) is 9.71 Å². The number of hydrogen-bond donors (Lipinski definition) is 1. The van der Waals surface area contributed by atoms with Crippen molar-refractivity contribution in [1.29, 1.82) is 0 Å². The highest BCUT2D eigenvalue weighted by atomic mass is 32.2. The maximum Gasteiger partial charge on any atom is 0.242 e. The van der Waals surface area contributed by atoms with Gasteiger partial charge in [-0.25, -0.2) is 13.1 Å². The zero-order chi connectivity index (χ0) is 17.3. The maximum atomic E-state index is 12.4. The summed E-state index contributed by atoms with van der Waals surface area (Å²) < 4.78 is 27.3. The van der Waals surface area contributed by atoms with Crippen molar-refractivity contribution in [2.24, 2.45) is 0 Å². The number of aryl methyl sites for hydroxylation is 2. The third kappa shape index (κ3) is 3.32. The van der Waals surface area contributed by atoms with Crippen LogP contribution in [0.25, 0.3) is 0 Å². The Hall–Kier alpha value is -2.25. The topological polar surface area (TPSA) is 79.4 Å². The molecular formula is C17H19N3O3S. The molecule has 1 atom stereocenters. The molecule has 2 heterocycles. The number of nitrogens with zero attached hydrogens (tertiary/aromatic N) is 2. The van der Waals surface area contributed by atoms with E-state index in [1.54, 1.807) is 11.0 Å². The molecule has 0 unspecified atom stereocenters. The SMILES string of the molecule is Cc1ccc(N2C[C@H](NS(=O)(=O)c3cccnc3)CC2=O)cc1C. The lowest BCUT2D eigenvalue weighted by Gasteiger charge is -2.18. The van der Waals surface area contributed by atoms with E-state index in [4.69, 9.17) is 0 Å². The number of carbonyl (C=O) groups excluding carboxylic acids is 1. The molecule has 0 spiro atoms. The largest absolute Gasteiger partial charge is 0.311 e. The Kier molecular flexibility index (Phi) is 4.38. The molecule has 0 bridgehead atoms. The van der Waals surface area contributed by atoms with Crippen LogP contribution in [-0.2, 0) is 14.8 Å². The van der Waals surface area contributed by atoms with Crippen LogP contribution in [0.4, 0.5) is 5.69 Å². The average molecular weight is 345 g/mol. The molecule has 1 amide bonds. The van der Waals surface area contributed by atoms with Crippen molar-refractivity contribution in [3.63, 3.8) is 0 Å². The summed E-state index contributed by atoms with van der Waals surface area (Å²) in [5, 5.41) is 0. The predicted molar refractivity (Wildman–Crippen MR) is 91.2 cm³/mol. The van der Waals surface area contributed by atoms with E-state index in [-0.39, 0.29) is 17.2 Å². The van der Waals surface area contributed by atoms with Crippen LogP contribution in [0.1, 0.15) is 17.5 Å². The second-order valence-corrected chi connectivity index (χ2v) is 7.70. The van der Waals surface area contributed by atoms with Gasteiger partial charge in [-0.05, 0) is 49.2 Å². The number of hydrogen-bond acceptors (Lipinski definition) is 4. The van der Waals surface area contributed by atoms with Crippen LogP contribution in [0.15, 0.2) is 47.6 Å². The number of rotatable bonds is 4. The third-order valence-corrected chi connectivity index (χ3v) is 5.70. The van der Waals surface area contributed by atoms with Crippen molar-refractivity contribution < 1.29 is 13.2 Å². The summed E-state index contributed by atoms with van der Waals surface area (Å²) in [5.41, 5.74) is 3.05. The van der Waals surface area contributed by atoms with E-state index in [9.17, 15) is 13.2 Å². The number of amides is 1. The zero-order valence-corrected chi connectivity index (χ0v) is 14.4. The van der Waals surface area contributed by atoms with Crippen LogP contribution in [0.3, 0.4) is 0 Å². The molecule has 1 N–H and O–H groups in total. The van der Waals surface area contributed by atoms with E-state index in [1.807, 2.05) is 32.0 Å². The van der Waals surface area contributed by atoms with Crippen molar-refractivity contribution in [3.05, 3.63) is 53.9 Å². The van der Waals surface area contributed by atoms with Crippen LogP contribution in [0.2, 0.25) is 0 Å². The Morgan fingerprint density at radius 1 is 1.21 bits per heavy atom. The molecule has 0 aliphatic carbocycles. The first-order valence-corrected chi connectivity index (χ1v) is 9.15. The highest BCUT2D eigenvalue weighted by Gasteiger charge is 2.33. The number of nitrogens with one attached hydrogen (secondary N) is 1. The average Bonchev–Trinajstić information content (AvgIpc) is 2.90. The Labute approximate surface area is 141 Å². The van der Waals surface area contributed by atoms with Crippen molar-refractivity contribution in [1.82, 2.24) is 9.71 Å². The van der Waals surface area contributed by atoms with Crippen LogP contribution >= 0.6 is 0 Å². The minimum absolute atomic E-state index is 0.0860. The van der Waals surface area contributed by atoms with Crippen molar-refractivity contribution in [3.8, 4) is 0 Å². The smallest absolute Gasteiger partial charge is 0.242 e. The summed E-state index contributed by atoms with van der Waals surface area (Å²) in [7, 11) is -3.68. The first-order chi connectivity index (χ1) is 11.4. The van der Waals surface area contributed by atoms with Crippen molar-refractivity contribution >= 4 is 21.6 Å². The number of aromatic nitrogens is 1. The number of anilines is 1. The molecule has 1 aromatic heterocycles. The first-order valence-electron chi connectivity index (χ1n) is 7.67. The summed E-state index contributed by atoms with van der Waals surface area (Å²) in [5.74, 6) is -0.0860. The Morgan fingerprint density at radius 3 is 2.67 bits per heavy atom. The van der Waals surface area contributed by atoms with E-state index in [0.717, 1.165) is 16.8 Å². The van der Waals surface area contributed by atoms with Crippen LogP contribution in [-0.4, -0.2) is 31.9 Å². The number of sulfonamides is 1. The molecule has 7 heteroatoms. The normalized spacial score (nSPS) is 18.2. The van der Waals surface area contributed by atoms with Gasteiger partial charge in [0, 0.05) is 37.1 Å². The van der Waals surface area contributed by atoms with Crippen molar-refractivity contribution in [2.75, 3.05) is 11.4 Å². The summed E-state index contributed by atoms with van der Waals surface area (Å²) in [6.07, 6.45) is 2.95. The first kappa shape index (κ1) is 16.6. The third-order valence-electron chi connectivity index (χ3n) is 4.19. The lowest BCUT2D eigenvalue weighted by Crippen LogP contribution is -2.37. The highest BCUT2D eigenvalue weighted by Crippen LogP contribution is 2.24. The molecule has 24 heavy (non-hydrogen) atoms. The van der Waals surface area contributed by atoms with Crippen LogP contribution < -0.4 is 9.62 Å². The summed E-state index contributed by atoms with van der Waals surface area (Å²) in [4.78, 5) is 17.8. The fraction of sp³-hybridized carbons (Fsp3) is 0.294. The van der Waals surface area contributed by atoms with Gasteiger partial charge in [0.25, 0.3) is 0 Å². The molecule has 1 fully saturated rings. The van der Waals surface area contributed by atoms with Crippen LogP contribution in [0.5, 0.6) is 0 Å². The van der Waals surface area contributed by atoms with E-state index in [1.165, 1.54) is 18.5 Å². The molecule has 6 nitrogen and oxygen atoms in total. The molecule has 1 aromatic carbocycles. The van der Waals surface area contributed by atoms with Gasteiger partial charge in [0.15, 0.2) is 0 Å². The van der Waals surface area contributed by atoms with Gasteiger partial charge in [-0.2, -0.15) is 0 Å². The minimum Gasteiger partial charge on any atom is -0.311 e. The van der Waals surface area contributed by atoms with Gasteiger partial charge in [0.1, 0.15) is 4.90 Å². The van der Waals surface area contributed by atoms with E-state index < -0.39 is 16.1 Å². The monoisotopic (exact) mass is 345 g/mol. The minimum atomic E-state index is -3.68. The summed E-state index contributed by atoms with van der Waals surface area (Å²) >= 11 is 0. The Morgan fingerprint density at radius 2 is 2.00 bits per heavy atom. The number of benzene rings is 1. The predicted octanol–water partition coefficient (Wildman–Crippen LogP) is 1.78. The van der Waals surface area contributed by atoms with E-state index >= 15 is 0 Å². The molecule has 126 valence electrons. The molecular weight excluding hydrogens is 326 g/mol. The van der Waals surface area contributed by atoms with Gasteiger partial charge in [-0.1, -0.05) is 6.07 Å². The molecule has 1 saturated heterocycles. The number of pyridine rings is 1. The summed E-state index contributed by atoms with van der Waals surface area (Å²) in [6, 6.07) is 8.39. The molecule has 2 aromatic rings. The molecule has 1 aliphatic rings. The lowest BCUT2D eigenvalue weighted by atomic mass is 10.1. The Balaban J connectivity index is 1.76. The quantitative estimate of drug-likeness (QED) is 0.916. The standard InChI is InChI=1S/C17H19N3O3S/c1-12-5-6-15(8-13(12)2)20-11-14(9-17(20)21)19-24(22,23)16-4-3-7-18-10-16/h3-8,10,14,19H,9,11H2,1-2H3/t14-/m1/s1. The number of carbonyl (C=O) groups is 1.